The van der Waals surface area contributed by atoms with Crippen LogP contribution in [0, 0.1) is 5.92 Å². The Kier molecular flexibility index (Phi) is 6.49. The van der Waals surface area contributed by atoms with Gasteiger partial charge in [-0.15, -0.1) is 0 Å². The van der Waals surface area contributed by atoms with E-state index in [0.717, 1.165) is 6.42 Å². The van der Waals surface area contributed by atoms with E-state index in [1.807, 2.05) is 14.1 Å². The van der Waals surface area contributed by atoms with E-state index in [2.05, 4.69) is 24.1 Å². The van der Waals surface area contributed by atoms with Crippen molar-refractivity contribution in [2.45, 2.75) is 26.3 Å². The van der Waals surface area contributed by atoms with Crippen molar-refractivity contribution in [3.8, 4) is 5.75 Å². The van der Waals surface area contributed by atoms with Crippen LogP contribution in [-0.2, 0) is 0 Å². The molecule has 118 valence electrons. The second kappa shape index (κ2) is 7.88. The van der Waals surface area contributed by atoms with Gasteiger partial charge in [0, 0.05) is 18.3 Å². The number of methoxy groups -OCH3 is 1. The molecule has 1 unspecified atom stereocenters. The predicted octanol–water partition coefficient (Wildman–Crippen LogP) is 1.98. The first kappa shape index (κ1) is 17.3. The van der Waals surface area contributed by atoms with Crippen LogP contribution in [0.15, 0.2) is 18.2 Å². The lowest BCUT2D eigenvalue weighted by atomic mass is 10.0. The molecule has 5 nitrogen and oxygen atoms in total. The SMILES string of the molecule is COc1ccc(N)c(C(=O)NCC(CC(C)C)N(C)C)c1. The Labute approximate surface area is 127 Å². The van der Waals surface area contributed by atoms with Crippen LogP contribution in [0.5, 0.6) is 5.75 Å². The summed E-state index contributed by atoms with van der Waals surface area (Å²) in [6, 6.07) is 5.40. The maximum absolute atomic E-state index is 12.3. The van der Waals surface area contributed by atoms with Crippen molar-refractivity contribution in [1.82, 2.24) is 10.2 Å². The Morgan fingerprint density at radius 1 is 1.38 bits per heavy atom. The monoisotopic (exact) mass is 293 g/mol. The highest BCUT2D eigenvalue weighted by Crippen LogP contribution is 2.19. The van der Waals surface area contributed by atoms with Crippen molar-refractivity contribution in [3.05, 3.63) is 23.8 Å². The lowest BCUT2D eigenvalue weighted by Crippen LogP contribution is -2.41. The number of amides is 1. The lowest BCUT2D eigenvalue weighted by Gasteiger charge is -2.26. The van der Waals surface area contributed by atoms with Gasteiger partial charge in [-0.1, -0.05) is 13.8 Å². The number of nitrogens with one attached hydrogen (secondary N) is 1. The number of nitrogens with two attached hydrogens (primary N) is 1. The summed E-state index contributed by atoms with van der Waals surface area (Å²) in [4.78, 5) is 14.4. The van der Waals surface area contributed by atoms with E-state index < -0.39 is 0 Å². The zero-order chi connectivity index (χ0) is 16.0. The van der Waals surface area contributed by atoms with Crippen LogP contribution in [0.25, 0.3) is 0 Å². The third-order valence-electron chi connectivity index (χ3n) is 3.48. The Morgan fingerprint density at radius 3 is 2.57 bits per heavy atom. The molecule has 0 aliphatic rings. The fraction of sp³-hybridized carbons (Fsp3) is 0.562. The van der Waals surface area contributed by atoms with Crippen LogP contribution in [0.2, 0.25) is 0 Å². The Bertz CT molecular complexity index is 473. The average molecular weight is 293 g/mol. The number of ether oxygens (including phenoxy) is 1. The Morgan fingerprint density at radius 2 is 2.05 bits per heavy atom. The number of hydrogen-bond acceptors (Lipinski definition) is 4. The van der Waals surface area contributed by atoms with E-state index in [9.17, 15) is 4.79 Å². The van der Waals surface area contributed by atoms with Crippen LogP contribution in [-0.4, -0.2) is 44.6 Å². The lowest BCUT2D eigenvalue weighted by molar-refractivity contribution is 0.0939. The molecule has 0 spiro atoms. The van der Waals surface area contributed by atoms with Crippen LogP contribution < -0.4 is 15.8 Å². The van der Waals surface area contributed by atoms with Gasteiger partial charge in [-0.3, -0.25) is 4.79 Å². The van der Waals surface area contributed by atoms with Gasteiger partial charge in [0.25, 0.3) is 5.91 Å². The minimum absolute atomic E-state index is 0.165. The van der Waals surface area contributed by atoms with Crippen molar-refractivity contribution >= 4 is 11.6 Å². The normalized spacial score (nSPS) is 12.5. The van der Waals surface area contributed by atoms with Crippen LogP contribution in [0.4, 0.5) is 5.69 Å². The van der Waals surface area contributed by atoms with Crippen LogP contribution in [0.1, 0.15) is 30.6 Å². The van der Waals surface area contributed by atoms with Gasteiger partial charge < -0.3 is 20.7 Å². The summed E-state index contributed by atoms with van der Waals surface area (Å²) < 4.78 is 5.13. The van der Waals surface area contributed by atoms with E-state index in [-0.39, 0.29) is 5.91 Å². The highest BCUT2D eigenvalue weighted by Gasteiger charge is 2.16. The minimum Gasteiger partial charge on any atom is -0.497 e. The molecule has 0 aromatic heterocycles. The maximum Gasteiger partial charge on any atom is 0.253 e. The summed E-state index contributed by atoms with van der Waals surface area (Å²) in [6.07, 6.45) is 1.03. The molecule has 0 radical (unpaired) electrons. The molecule has 21 heavy (non-hydrogen) atoms. The maximum atomic E-state index is 12.3. The largest absolute Gasteiger partial charge is 0.497 e. The van der Waals surface area contributed by atoms with Gasteiger partial charge in [0.1, 0.15) is 5.75 Å². The van der Waals surface area contributed by atoms with Crippen molar-refractivity contribution in [2.24, 2.45) is 5.92 Å². The van der Waals surface area contributed by atoms with Gasteiger partial charge in [-0.25, -0.2) is 0 Å². The van der Waals surface area contributed by atoms with E-state index in [0.29, 0.717) is 35.5 Å². The molecule has 0 heterocycles. The number of carbonyl (C=O) groups excluding carboxylic acids is 1. The van der Waals surface area contributed by atoms with Crippen LogP contribution in [0.3, 0.4) is 0 Å². The molecule has 1 atom stereocenters. The number of carbonyl (C=O) groups is 1. The van der Waals surface area contributed by atoms with Gasteiger partial charge in [0.05, 0.1) is 12.7 Å². The number of nitrogen functional groups attached to an aromatic ring is 1. The summed E-state index contributed by atoms with van der Waals surface area (Å²) in [5.74, 6) is 1.04. The summed E-state index contributed by atoms with van der Waals surface area (Å²) in [7, 11) is 5.62. The number of likely N-dealkylation sites (N-methyl/N-ethyl adjacent to an activating group) is 1. The number of hydrogen-bond donors (Lipinski definition) is 2. The zero-order valence-corrected chi connectivity index (χ0v) is 13.6. The first-order chi connectivity index (χ1) is 9.85. The molecule has 1 aromatic carbocycles. The molecule has 0 aliphatic carbocycles. The van der Waals surface area contributed by atoms with E-state index in [4.69, 9.17) is 10.5 Å². The summed E-state index contributed by atoms with van der Waals surface area (Å²) in [6.45, 7) is 4.96. The molecule has 0 aliphatic heterocycles. The summed E-state index contributed by atoms with van der Waals surface area (Å²) in [5, 5.41) is 2.96. The van der Waals surface area contributed by atoms with Crippen molar-refractivity contribution in [2.75, 3.05) is 33.5 Å². The molecular formula is C16H27N3O2. The Balaban J connectivity index is 2.72. The van der Waals surface area contributed by atoms with E-state index in [1.165, 1.54) is 0 Å². The summed E-state index contributed by atoms with van der Waals surface area (Å²) >= 11 is 0. The van der Waals surface area contributed by atoms with Gasteiger partial charge in [0.2, 0.25) is 0 Å². The molecule has 1 aromatic rings. The number of benzene rings is 1. The second-order valence-electron chi connectivity index (χ2n) is 5.91. The second-order valence-corrected chi connectivity index (χ2v) is 5.91. The average Bonchev–Trinajstić information content (AvgIpc) is 2.43. The van der Waals surface area contributed by atoms with Gasteiger partial charge in [-0.05, 0) is 44.6 Å². The molecule has 1 rings (SSSR count). The number of nitrogens with zero attached hydrogens (tertiary/aromatic N) is 1. The fourth-order valence-corrected chi connectivity index (χ4v) is 2.19. The smallest absolute Gasteiger partial charge is 0.253 e. The van der Waals surface area contributed by atoms with Gasteiger partial charge in [-0.2, -0.15) is 0 Å². The molecule has 3 N–H and O–H groups in total. The van der Waals surface area contributed by atoms with E-state index in [1.54, 1.807) is 25.3 Å². The number of anilines is 1. The first-order valence-electron chi connectivity index (χ1n) is 7.23. The fourth-order valence-electron chi connectivity index (χ4n) is 2.19. The third kappa shape index (κ3) is 5.27. The molecule has 0 saturated carbocycles. The predicted molar refractivity (Wildman–Crippen MR) is 86.7 cm³/mol. The van der Waals surface area contributed by atoms with Crippen molar-refractivity contribution in [1.29, 1.82) is 0 Å². The molecule has 0 saturated heterocycles. The Hall–Kier alpha value is -1.75. The molecule has 0 bridgehead atoms. The van der Waals surface area contributed by atoms with Crippen molar-refractivity contribution < 1.29 is 9.53 Å². The van der Waals surface area contributed by atoms with E-state index >= 15 is 0 Å². The first-order valence-corrected chi connectivity index (χ1v) is 7.23. The highest BCUT2D eigenvalue weighted by molar-refractivity contribution is 5.99. The molecule has 1 amide bonds. The highest BCUT2D eigenvalue weighted by atomic mass is 16.5. The molecular weight excluding hydrogens is 266 g/mol. The number of rotatable bonds is 7. The zero-order valence-electron chi connectivity index (χ0n) is 13.6. The molecule has 5 heteroatoms. The standard InChI is InChI=1S/C16H27N3O2/c1-11(2)8-12(19(3)4)10-18-16(20)14-9-13(21-5)6-7-15(14)17/h6-7,9,11-12H,8,10,17H2,1-5H3,(H,18,20). The summed E-state index contributed by atoms with van der Waals surface area (Å²) in [5.41, 5.74) is 6.78. The van der Waals surface area contributed by atoms with Gasteiger partial charge in [0.15, 0.2) is 0 Å². The van der Waals surface area contributed by atoms with Crippen LogP contribution >= 0.6 is 0 Å². The van der Waals surface area contributed by atoms with Gasteiger partial charge >= 0.3 is 0 Å². The topological polar surface area (TPSA) is 67.6 Å². The third-order valence-corrected chi connectivity index (χ3v) is 3.48. The van der Waals surface area contributed by atoms with Crippen molar-refractivity contribution in [3.63, 3.8) is 0 Å². The minimum atomic E-state index is -0.165. The molecule has 0 fully saturated rings. The quantitative estimate of drug-likeness (QED) is 0.754.